The van der Waals surface area contributed by atoms with Crippen molar-refractivity contribution in [2.45, 2.75) is 18.4 Å². The fourth-order valence-corrected chi connectivity index (χ4v) is 3.10. The first-order valence-corrected chi connectivity index (χ1v) is 8.95. The second kappa shape index (κ2) is 6.72. The molecule has 0 unspecified atom stereocenters. The molecule has 124 valence electrons. The Labute approximate surface area is 144 Å². The van der Waals surface area contributed by atoms with Gasteiger partial charge >= 0.3 is 0 Å². The number of sulfonamides is 1. The van der Waals surface area contributed by atoms with Crippen molar-refractivity contribution in [3.63, 3.8) is 0 Å². The molecule has 0 fully saturated rings. The molecule has 1 heterocycles. The van der Waals surface area contributed by atoms with E-state index in [0.29, 0.717) is 10.8 Å². The van der Waals surface area contributed by atoms with Crippen LogP contribution in [0.15, 0.2) is 57.9 Å². The topological polar surface area (TPSA) is 85.1 Å². The number of rotatable bonds is 5. The third-order valence-electron chi connectivity index (χ3n) is 3.32. The smallest absolute Gasteiger partial charge is 0.242 e. The predicted molar refractivity (Wildman–Crippen MR) is 89.9 cm³/mol. The maximum atomic E-state index is 12.2. The molecule has 0 aliphatic rings. The summed E-state index contributed by atoms with van der Waals surface area (Å²) in [6, 6.07) is 13.5. The summed E-state index contributed by atoms with van der Waals surface area (Å²) >= 11 is 5.83. The molecule has 0 saturated carbocycles. The number of aromatic nitrogens is 2. The van der Waals surface area contributed by atoms with Gasteiger partial charge in [0, 0.05) is 10.6 Å². The Hall–Kier alpha value is -2.22. The molecule has 0 aliphatic heterocycles. The van der Waals surface area contributed by atoms with Gasteiger partial charge in [0.1, 0.15) is 0 Å². The van der Waals surface area contributed by atoms with Crippen LogP contribution in [0.2, 0.25) is 5.02 Å². The number of aryl methyl sites for hydroxylation is 1. The summed E-state index contributed by atoms with van der Waals surface area (Å²) in [5.74, 6) is 0.548. The monoisotopic (exact) mass is 363 g/mol. The fourth-order valence-electron chi connectivity index (χ4n) is 2.00. The molecule has 8 heteroatoms. The van der Waals surface area contributed by atoms with Crippen LogP contribution in [0.4, 0.5) is 0 Å². The van der Waals surface area contributed by atoms with E-state index in [1.54, 1.807) is 48.5 Å². The first-order valence-electron chi connectivity index (χ1n) is 7.09. The van der Waals surface area contributed by atoms with Crippen LogP contribution in [0.3, 0.4) is 0 Å². The number of nitrogens with one attached hydrogen (secondary N) is 1. The Balaban J connectivity index is 1.71. The van der Waals surface area contributed by atoms with Crippen LogP contribution in [-0.2, 0) is 16.6 Å². The second-order valence-corrected chi connectivity index (χ2v) is 7.36. The van der Waals surface area contributed by atoms with E-state index < -0.39 is 10.0 Å². The molecule has 0 atom stereocenters. The molecule has 3 rings (SSSR count). The van der Waals surface area contributed by atoms with Crippen molar-refractivity contribution in [1.82, 2.24) is 14.9 Å². The maximum Gasteiger partial charge on any atom is 0.242 e. The minimum absolute atomic E-state index is 0.0865. The maximum absolute atomic E-state index is 12.2. The molecule has 6 nitrogen and oxygen atoms in total. The average Bonchev–Trinajstić information content (AvgIpc) is 3.03. The lowest BCUT2D eigenvalue weighted by atomic mass is 10.2. The van der Waals surface area contributed by atoms with Crippen LogP contribution < -0.4 is 4.72 Å². The molecule has 0 radical (unpaired) electrons. The third-order valence-corrected chi connectivity index (χ3v) is 4.98. The second-order valence-electron chi connectivity index (χ2n) is 5.16. The van der Waals surface area contributed by atoms with E-state index in [0.717, 1.165) is 11.1 Å². The molecular formula is C16H14ClN3O3S. The molecule has 3 aromatic rings. The van der Waals surface area contributed by atoms with Gasteiger partial charge in [0.2, 0.25) is 21.7 Å². The van der Waals surface area contributed by atoms with E-state index in [2.05, 4.69) is 14.9 Å². The van der Waals surface area contributed by atoms with E-state index in [1.165, 1.54) is 0 Å². The lowest BCUT2D eigenvalue weighted by Crippen LogP contribution is -2.23. The molecule has 0 bridgehead atoms. The summed E-state index contributed by atoms with van der Waals surface area (Å²) in [4.78, 5) is 4.36. The molecule has 0 saturated heterocycles. The Morgan fingerprint density at radius 2 is 1.75 bits per heavy atom. The van der Waals surface area contributed by atoms with Gasteiger partial charge in [-0.2, -0.15) is 4.98 Å². The summed E-state index contributed by atoms with van der Waals surface area (Å²) in [5, 5.41) is 4.44. The van der Waals surface area contributed by atoms with Gasteiger partial charge in [-0.25, -0.2) is 13.1 Å². The van der Waals surface area contributed by atoms with Crippen LogP contribution >= 0.6 is 11.6 Å². The average molecular weight is 364 g/mol. The fraction of sp³-hybridized carbons (Fsp3) is 0.125. The van der Waals surface area contributed by atoms with Gasteiger partial charge in [0.15, 0.2) is 0 Å². The number of hydrogen-bond donors (Lipinski definition) is 1. The van der Waals surface area contributed by atoms with Gasteiger partial charge < -0.3 is 4.52 Å². The number of benzene rings is 2. The van der Waals surface area contributed by atoms with Crippen molar-refractivity contribution < 1.29 is 12.9 Å². The molecule has 2 aromatic carbocycles. The third kappa shape index (κ3) is 3.81. The Morgan fingerprint density at radius 1 is 1.08 bits per heavy atom. The van der Waals surface area contributed by atoms with Crippen LogP contribution in [0.5, 0.6) is 0 Å². The minimum Gasteiger partial charge on any atom is -0.338 e. The van der Waals surface area contributed by atoms with Gasteiger partial charge in [-0.15, -0.1) is 0 Å². The Bertz CT molecular complexity index is 935. The highest BCUT2D eigenvalue weighted by Gasteiger charge is 2.16. The molecular weight excluding hydrogens is 350 g/mol. The highest BCUT2D eigenvalue weighted by atomic mass is 35.5. The van der Waals surface area contributed by atoms with E-state index in [4.69, 9.17) is 16.1 Å². The summed E-state index contributed by atoms with van der Waals surface area (Å²) in [7, 11) is -3.63. The largest absolute Gasteiger partial charge is 0.338 e. The SMILES string of the molecule is Cc1ccc(S(=O)(=O)NCc2nc(-c3ccc(Cl)cc3)no2)cc1. The lowest BCUT2D eigenvalue weighted by Gasteiger charge is -2.04. The quantitative estimate of drug-likeness (QED) is 0.752. The van der Waals surface area contributed by atoms with Crippen LogP contribution in [0, 0.1) is 6.92 Å². The number of hydrogen-bond acceptors (Lipinski definition) is 5. The van der Waals surface area contributed by atoms with Crippen LogP contribution in [0.25, 0.3) is 11.4 Å². The van der Waals surface area contributed by atoms with E-state index in [1.807, 2.05) is 6.92 Å². The molecule has 0 amide bonds. The van der Waals surface area contributed by atoms with Crippen LogP contribution in [-0.4, -0.2) is 18.6 Å². The normalized spacial score (nSPS) is 11.6. The number of halogens is 1. The molecule has 24 heavy (non-hydrogen) atoms. The van der Waals surface area contributed by atoms with Gasteiger partial charge in [0.05, 0.1) is 11.4 Å². The zero-order valence-corrected chi connectivity index (χ0v) is 14.3. The molecule has 0 aliphatic carbocycles. The van der Waals surface area contributed by atoms with Crippen molar-refractivity contribution in [2.75, 3.05) is 0 Å². The molecule has 1 N–H and O–H groups in total. The summed E-state index contributed by atoms with van der Waals surface area (Å²) in [5.41, 5.74) is 1.72. The van der Waals surface area contributed by atoms with Gasteiger partial charge in [0.25, 0.3) is 0 Å². The van der Waals surface area contributed by atoms with Crippen molar-refractivity contribution in [1.29, 1.82) is 0 Å². The van der Waals surface area contributed by atoms with Crippen LogP contribution in [0.1, 0.15) is 11.5 Å². The molecule has 1 aromatic heterocycles. The summed E-state index contributed by atoms with van der Waals surface area (Å²) in [6.07, 6.45) is 0. The number of nitrogens with zero attached hydrogens (tertiary/aromatic N) is 2. The first-order chi connectivity index (χ1) is 11.4. The van der Waals surface area contributed by atoms with E-state index in [9.17, 15) is 8.42 Å². The van der Waals surface area contributed by atoms with Crippen molar-refractivity contribution in [3.05, 3.63) is 65.0 Å². The van der Waals surface area contributed by atoms with Crippen molar-refractivity contribution in [2.24, 2.45) is 0 Å². The predicted octanol–water partition coefficient (Wildman–Crippen LogP) is 3.18. The zero-order valence-electron chi connectivity index (χ0n) is 12.7. The van der Waals surface area contributed by atoms with Gasteiger partial charge in [-0.3, -0.25) is 0 Å². The Morgan fingerprint density at radius 3 is 2.42 bits per heavy atom. The standard InChI is InChI=1S/C16H14ClN3O3S/c1-11-2-8-14(9-3-11)24(21,22)18-10-15-19-16(20-23-15)12-4-6-13(17)7-5-12/h2-9,18H,10H2,1H3. The lowest BCUT2D eigenvalue weighted by molar-refractivity contribution is 0.376. The minimum atomic E-state index is -3.63. The Kier molecular flexibility index (Phi) is 4.66. The van der Waals surface area contributed by atoms with Gasteiger partial charge in [-0.05, 0) is 43.3 Å². The van der Waals surface area contributed by atoms with E-state index >= 15 is 0 Å². The highest BCUT2D eigenvalue weighted by Crippen LogP contribution is 2.19. The summed E-state index contributed by atoms with van der Waals surface area (Å²) in [6.45, 7) is 1.80. The first kappa shape index (κ1) is 16.6. The van der Waals surface area contributed by atoms with E-state index in [-0.39, 0.29) is 17.3 Å². The highest BCUT2D eigenvalue weighted by molar-refractivity contribution is 7.89. The zero-order chi connectivity index (χ0) is 17.2. The van der Waals surface area contributed by atoms with Crippen molar-refractivity contribution in [3.8, 4) is 11.4 Å². The van der Waals surface area contributed by atoms with Gasteiger partial charge in [-0.1, -0.05) is 34.5 Å². The molecule has 0 spiro atoms. The van der Waals surface area contributed by atoms with Crippen molar-refractivity contribution >= 4 is 21.6 Å². The summed E-state index contributed by atoms with van der Waals surface area (Å²) < 4.78 is 31.9.